The predicted octanol–water partition coefficient (Wildman–Crippen LogP) is 7.39. The van der Waals surface area contributed by atoms with E-state index >= 15 is 4.39 Å². The molecule has 0 fully saturated rings. The van der Waals surface area contributed by atoms with Crippen molar-refractivity contribution in [2.45, 2.75) is 17.6 Å². The normalized spacial score (nSPS) is 11.7. The number of nitrogens with two attached hydrogens (primary N) is 1. The van der Waals surface area contributed by atoms with Crippen LogP contribution in [0.5, 0.6) is 11.5 Å². The van der Waals surface area contributed by atoms with Gasteiger partial charge in [-0.1, -0.05) is 35.3 Å². The Morgan fingerprint density at radius 1 is 1.14 bits per heavy atom. The number of rotatable bonds is 10. The van der Waals surface area contributed by atoms with E-state index in [1.807, 2.05) is 27.9 Å². The summed E-state index contributed by atoms with van der Waals surface area (Å²) in [5, 5.41) is 6.51. The molecule has 1 atom stereocenters. The van der Waals surface area contributed by atoms with Gasteiger partial charge in [-0.15, -0.1) is 11.3 Å². The summed E-state index contributed by atoms with van der Waals surface area (Å²) in [5.74, 6) is 0.888. The molecule has 4 aromatic rings. The molecule has 36 heavy (non-hydrogen) atoms. The van der Waals surface area contributed by atoms with Crippen LogP contribution < -0.4 is 24.8 Å². The van der Waals surface area contributed by atoms with E-state index in [4.69, 9.17) is 38.4 Å². The highest BCUT2D eigenvalue weighted by atomic mass is 35.5. The van der Waals surface area contributed by atoms with Crippen molar-refractivity contribution in [2.75, 3.05) is 23.8 Å². The molecule has 3 N–H and O–H groups in total. The molecule has 0 saturated carbocycles. The number of hydrogen-bond donors (Lipinski definition) is 2. The molecule has 4 rings (SSSR count). The summed E-state index contributed by atoms with van der Waals surface area (Å²) in [6.45, 7) is 0.405. The number of nitrogens with one attached hydrogen (secondary N) is 1. The molecule has 0 spiro atoms. The van der Waals surface area contributed by atoms with E-state index in [1.54, 1.807) is 50.7 Å². The SMILES string of the molecule is COc1ccc(CN(Sc2cc(Cl)c(N[C@@H](N)c3cccc(Cl)c3)cc2F)c2nccs2)c(OC)c1. The first-order valence-corrected chi connectivity index (χ1v) is 13.1. The third-order valence-corrected chi connectivity index (χ3v) is 7.68. The third-order valence-electron chi connectivity index (χ3n) is 5.19. The van der Waals surface area contributed by atoms with Crippen molar-refractivity contribution in [3.05, 3.63) is 93.2 Å². The highest BCUT2D eigenvalue weighted by Crippen LogP contribution is 2.39. The van der Waals surface area contributed by atoms with Crippen LogP contribution in [0.25, 0.3) is 0 Å². The second kappa shape index (κ2) is 12.0. The molecule has 1 aromatic heterocycles. The molecule has 0 bridgehead atoms. The van der Waals surface area contributed by atoms with Crippen molar-refractivity contribution >= 4 is 57.3 Å². The Bertz CT molecular complexity index is 1330. The lowest BCUT2D eigenvalue weighted by Crippen LogP contribution is -2.20. The zero-order valence-electron chi connectivity index (χ0n) is 19.4. The maximum Gasteiger partial charge on any atom is 0.195 e. The van der Waals surface area contributed by atoms with Gasteiger partial charge in [0.25, 0.3) is 0 Å². The molecule has 0 amide bonds. The van der Waals surface area contributed by atoms with Crippen molar-refractivity contribution in [1.29, 1.82) is 0 Å². The van der Waals surface area contributed by atoms with Crippen molar-refractivity contribution in [3.8, 4) is 11.5 Å². The van der Waals surface area contributed by atoms with E-state index in [0.29, 0.717) is 43.8 Å². The summed E-state index contributed by atoms with van der Waals surface area (Å²) in [7, 11) is 3.19. The summed E-state index contributed by atoms with van der Waals surface area (Å²) in [5.41, 5.74) is 8.26. The molecule has 1 heterocycles. The number of aromatic nitrogens is 1. The van der Waals surface area contributed by atoms with E-state index in [9.17, 15) is 0 Å². The van der Waals surface area contributed by atoms with Crippen LogP contribution >= 0.6 is 46.5 Å². The molecule has 6 nitrogen and oxygen atoms in total. The maximum atomic E-state index is 15.3. The van der Waals surface area contributed by atoms with Crippen LogP contribution in [0.15, 0.2) is 71.1 Å². The molecule has 0 radical (unpaired) electrons. The number of benzene rings is 3. The molecule has 0 aliphatic rings. The van der Waals surface area contributed by atoms with Gasteiger partial charge in [-0.2, -0.15) is 0 Å². The zero-order chi connectivity index (χ0) is 25.7. The van der Waals surface area contributed by atoms with Gasteiger partial charge < -0.3 is 20.5 Å². The van der Waals surface area contributed by atoms with Crippen molar-refractivity contribution in [2.24, 2.45) is 5.73 Å². The molecule has 3 aromatic carbocycles. The lowest BCUT2D eigenvalue weighted by Gasteiger charge is -2.23. The van der Waals surface area contributed by atoms with E-state index in [1.165, 1.54) is 29.4 Å². The lowest BCUT2D eigenvalue weighted by atomic mass is 10.1. The van der Waals surface area contributed by atoms with Gasteiger partial charge in [-0.05, 0) is 53.9 Å². The molecule has 0 aliphatic carbocycles. The Morgan fingerprint density at radius 2 is 1.97 bits per heavy atom. The number of nitrogens with zero attached hydrogens (tertiary/aromatic N) is 2. The Balaban J connectivity index is 1.57. The van der Waals surface area contributed by atoms with E-state index in [0.717, 1.165) is 11.1 Å². The van der Waals surface area contributed by atoms with Crippen LogP contribution in [0.3, 0.4) is 0 Å². The Labute approximate surface area is 227 Å². The fraction of sp³-hybridized carbons (Fsp3) is 0.160. The monoisotopic (exact) mass is 564 g/mol. The first-order valence-electron chi connectivity index (χ1n) is 10.7. The van der Waals surface area contributed by atoms with Crippen LogP contribution in [0, 0.1) is 5.82 Å². The largest absolute Gasteiger partial charge is 0.497 e. The smallest absolute Gasteiger partial charge is 0.195 e. The summed E-state index contributed by atoms with van der Waals surface area (Å²) in [4.78, 5) is 4.75. The highest BCUT2D eigenvalue weighted by molar-refractivity contribution is 8.00. The van der Waals surface area contributed by atoms with Gasteiger partial charge in [0.15, 0.2) is 5.13 Å². The van der Waals surface area contributed by atoms with Crippen LogP contribution in [-0.2, 0) is 6.54 Å². The minimum atomic E-state index is -0.617. The molecule has 0 saturated heterocycles. The van der Waals surface area contributed by atoms with Gasteiger partial charge in [-0.3, -0.25) is 4.31 Å². The quantitative estimate of drug-likeness (QED) is 0.153. The van der Waals surface area contributed by atoms with Crippen molar-refractivity contribution in [1.82, 2.24) is 4.98 Å². The third kappa shape index (κ3) is 6.35. The first kappa shape index (κ1) is 26.4. The molecule has 0 aliphatic heterocycles. The zero-order valence-corrected chi connectivity index (χ0v) is 22.5. The highest BCUT2D eigenvalue weighted by Gasteiger charge is 2.19. The van der Waals surface area contributed by atoms with E-state index in [-0.39, 0.29) is 0 Å². The number of thiazole rings is 1. The van der Waals surface area contributed by atoms with Crippen molar-refractivity contribution in [3.63, 3.8) is 0 Å². The average molecular weight is 566 g/mol. The van der Waals surface area contributed by atoms with Crippen molar-refractivity contribution < 1.29 is 13.9 Å². The number of methoxy groups -OCH3 is 2. The summed E-state index contributed by atoms with van der Waals surface area (Å²) in [6.07, 6.45) is 1.08. The number of anilines is 2. The van der Waals surface area contributed by atoms with Gasteiger partial charge in [0.2, 0.25) is 0 Å². The van der Waals surface area contributed by atoms with Crippen LogP contribution in [0.2, 0.25) is 10.0 Å². The fourth-order valence-electron chi connectivity index (χ4n) is 3.39. The second-order valence-corrected chi connectivity index (χ2v) is 10.3. The average Bonchev–Trinajstić information content (AvgIpc) is 3.41. The molecule has 0 unspecified atom stereocenters. The second-order valence-electron chi connectivity index (χ2n) is 7.56. The summed E-state index contributed by atoms with van der Waals surface area (Å²) in [6, 6.07) is 15.6. The van der Waals surface area contributed by atoms with Gasteiger partial charge >= 0.3 is 0 Å². The van der Waals surface area contributed by atoms with Crippen LogP contribution in [0.1, 0.15) is 17.3 Å². The van der Waals surface area contributed by atoms with Gasteiger partial charge in [0.05, 0.1) is 36.4 Å². The topological polar surface area (TPSA) is 72.6 Å². The minimum absolute atomic E-state index is 0.331. The fourth-order valence-corrected chi connectivity index (χ4v) is 5.55. The summed E-state index contributed by atoms with van der Waals surface area (Å²) >= 11 is 15.2. The first-order chi connectivity index (χ1) is 17.4. The van der Waals surface area contributed by atoms with Crippen LogP contribution in [0.4, 0.5) is 15.2 Å². The Kier molecular flexibility index (Phi) is 8.81. The number of halogens is 3. The minimum Gasteiger partial charge on any atom is -0.497 e. The van der Waals surface area contributed by atoms with E-state index in [2.05, 4.69) is 10.3 Å². The van der Waals surface area contributed by atoms with Gasteiger partial charge in [0, 0.05) is 28.2 Å². The molecule has 11 heteroatoms. The lowest BCUT2D eigenvalue weighted by molar-refractivity contribution is 0.391. The molecular weight excluding hydrogens is 542 g/mol. The predicted molar refractivity (Wildman–Crippen MR) is 147 cm³/mol. The van der Waals surface area contributed by atoms with Gasteiger partial charge in [0.1, 0.15) is 23.5 Å². The molecular formula is C25H23Cl2FN4O2S2. The standard InChI is InChI=1S/C25H23Cl2FN4O2S2/c1-33-18-7-6-16(22(11-18)34-2)14-32(25-30-8-9-35-25)36-23-12-19(27)21(13-20(23)28)31-24(29)15-4-3-5-17(26)10-15/h3-13,24,31H,14,29H2,1-2H3/t24-/m1/s1. The Hall–Kier alpha value is -2.69. The maximum absolute atomic E-state index is 15.3. The Morgan fingerprint density at radius 3 is 2.67 bits per heavy atom. The van der Waals surface area contributed by atoms with E-state index < -0.39 is 12.0 Å². The molecule has 188 valence electrons. The number of hydrogen-bond acceptors (Lipinski definition) is 8. The number of ether oxygens (including phenoxy) is 2. The van der Waals surface area contributed by atoms with Crippen LogP contribution in [-0.4, -0.2) is 19.2 Å². The summed E-state index contributed by atoms with van der Waals surface area (Å²) < 4.78 is 28.0. The van der Waals surface area contributed by atoms with Gasteiger partial charge in [-0.25, -0.2) is 9.37 Å².